The lowest BCUT2D eigenvalue weighted by Crippen LogP contribution is -2.54. The van der Waals surface area contributed by atoms with Crippen molar-refractivity contribution >= 4 is 58.2 Å². The Labute approximate surface area is 325 Å². The number of benzene rings is 2. The summed E-state index contributed by atoms with van der Waals surface area (Å²) in [4.78, 5) is 64.8. The van der Waals surface area contributed by atoms with Crippen LogP contribution in [0.5, 0.6) is 0 Å². The second-order valence-corrected chi connectivity index (χ2v) is 16.8. The first-order chi connectivity index (χ1) is 26.6. The number of fused-ring (bicyclic) bond motifs is 2. The van der Waals surface area contributed by atoms with Gasteiger partial charge >= 0.3 is 0 Å². The van der Waals surface area contributed by atoms with Crippen LogP contribution in [-0.2, 0) is 22.7 Å². The van der Waals surface area contributed by atoms with Crippen LogP contribution in [0.3, 0.4) is 0 Å². The smallest absolute Gasteiger partial charge is 0.262 e. The monoisotopic (exact) mass is 761 g/mol. The molecule has 4 amide bonds. The molecule has 0 bridgehead atoms. The number of piperidine rings is 3. The highest BCUT2D eigenvalue weighted by molar-refractivity contribution is 6.33. The third-order valence-corrected chi connectivity index (χ3v) is 13.2. The van der Waals surface area contributed by atoms with Gasteiger partial charge in [0.1, 0.15) is 6.04 Å². The number of carbonyl (C=O) groups excluding carboxylic acids is 4. The molecule has 4 saturated heterocycles. The zero-order valence-electron chi connectivity index (χ0n) is 31.0. The summed E-state index contributed by atoms with van der Waals surface area (Å²) < 4.78 is 0. The van der Waals surface area contributed by atoms with Gasteiger partial charge in [-0.2, -0.15) is 0 Å². The molecule has 14 heteroatoms. The van der Waals surface area contributed by atoms with Crippen LogP contribution in [0, 0.1) is 17.9 Å². The summed E-state index contributed by atoms with van der Waals surface area (Å²) >= 11 is 6.38. The average Bonchev–Trinajstić information content (AvgIpc) is 3.81. The molecule has 2 atom stereocenters. The average molecular weight is 762 g/mol. The predicted octanol–water partition coefficient (Wildman–Crippen LogP) is 5.20. The van der Waals surface area contributed by atoms with Crippen molar-refractivity contribution < 1.29 is 19.2 Å². The molecular weight excluding hydrogens is 718 g/mol. The molecule has 55 heavy (non-hydrogen) atoms. The molecule has 1 N–H and O–H groups in total. The van der Waals surface area contributed by atoms with E-state index in [1.165, 1.54) is 0 Å². The molecule has 1 spiro atoms. The van der Waals surface area contributed by atoms with Gasteiger partial charge in [-0.3, -0.25) is 34.3 Å². The Hall–Kier alpha value is -5.06. The Morgan fingerprint density at radius 3 is 2.09 bits per heavy atom. The lowest BCUT2D eigenvalue weighted by atomic mass is 9.77. The van der Waals surface area contributed by atoms with Crippen LogP contribution in [0.1, 0.15) is 83.7 Å². The molecule has 0 radical (unpaired) electrons. The Morgan fingerprint density at radius 1 is 0.873 bits per heavy atom. The van der Waals surface area contributed by atoms with Crippen molar-refractivity contribution in [3.63, 3.8) is 0 Å². The molecule has 2 aromatic carbocycles. The number of carbonyl (C=O) groups is 4. The van der Waals surface area contributed by atoms with Crippen LogP contribution >= 0.6 is 11.6 Å². The Bertz CT molecular complexity index is 2080. The van der Waals surface area contributed by atoms with Gasteiger partial charge in [0.2, 0.25) is 17.5 Å². The highest BCUT2D eigenvalue weighted by atomic mass is 35.5. The minimum atomic E-state index is -0.952. The van der Waals surface area contributed by atoms with Gasteiger partial charge in [0, 0.05) is 75.5 Å². The predicted molar refractivity (Wildman–Crippen MR) is 207 cm³/mol. The maximum atomic E-state index is 13.3. The fraction of sp³-hybridized carbons (Fsp3) is 0.488. The first-order valence-corrected chi connectivity index (χ1v) is 19.8. The van der Waals surface area contributed by atoms with Gasteiger partial charge in [0.05, 0.1) is 17.7 Å². The third-order valence-electron chi connectivity index (χ3n) is 12.9. The second-order valence-electron chi connectivity index (χ2n) is 16.4. The van der Waals surface area contributed by atoms with Crippen molar-refractivity contribution in [1.82, 2.24) is 25.3 Å². The van der Waals surface area contributed by atoms with E-state index in [4.69, 9.17) is 18.2 Å². The number of nitrogens with one attached hydrogen (secondary N) is 1. The van der Waals surface area contributed by atoms with Crippen LogP contribution in [0.2, 0.25) is 5.02 Å². The number of imide groups is 2. The molecule has 0 saturated carbocycles. The molecule has 13 nitrogen and oxygen atoms in total. The quantitative estimate of drug-likeness (QED) is 0.265. The molecule has 6 aliphatic rings. The van der Waals surface area contributed by atoms with E-state index in [1.807, 2.05) is 30.3 Å². The molecule has 6 aliphatic heterocycles. The van der Waals surface area contributed by atoms with Crippen LogP contribution in [0.25, 0.3) is 4.85 Å². The largest absolute Gasteiger partial charge is 0.368 e. The van der Waals surface area contributed by atoms with Crippen LogP contribution in [0.15, 0.2) is 42.5 Å². The van der Waals surface area contributed by atoms with Crippen molar-refractivity contribution in [2.45, 2.75) is 77.0 Å². The minimum absolute atomic E-state index is 0.106. The minimum Gasteiger partial charge on any atom is -0.368 e. The van der Waals surface area contributed by atoms with Gasteiger partial charge in [0.25, 0.3) is 11.8 Å². The molecule has 4 fully saturated rings. The van der Waals surface area contributed by atoms with Gasteiger partial charge in [-0.25, -0.2) is 4.85 Å². The summed E-state index contributed by atoms with van der Waals surface area (Å²) in [5, 5.41) is 12.1. The fourth-order valence-electron chi connectivity index (χ4n) is 9.93. The summed E-state index contributed by atoms with van der Waals surface area (Å²) in [6, 6.07) is 13.2. The van der Waals surface area contributed by atoms with E-state index in [0.717, 1.165) is 118 Å². The Kier molecular flexibility index (Phi) is 9.01. The molecule has 9 rings (SSSR count). The lowest BCUT2D eigenvalue weighted by Gasteiger charge is -2.40. The topological polar surface area (TPSA) is 127 Å². The fourth-order valence-corrected chi connectivity index (χ4v) is 10.2. The standard InChI is InChI=1S/C41H44ClN9O4/c1-25-20-41(24-50(25)29-3-4-33(43-2)32(42)19-29)11-15-49(16-12-41)36-7-6-35(45-46-36)48-13-9-26(10-14-48)21-47-22-27-17-30-31(18-28(27)23-47)40(55)51(39(30)54)34-5-8-37(52)44-38(34)53/h3-4,6-7,17-19,25-26,34H,5,8-16,20-24H2,1H3,(H,44,52,53)/t25-,34?/m0/s1. The number of hydrogen-bond donors (Lipinski definition) is 1. The zero-order chi connectivity index (χ0) is 38.0. The molecular formula is C41H44ClN9O4. The number of hydrogen-bond acceptors (Lipinski definition) is 10. The summed E-state index contributed by atoms with van der Waals surface area (Å²) in [5.41, 5.74) is 4.66. The first-order valence-electron chi connectivity index (χ1n) is 19.4. The Morgan fingerprint density at radius 2 is 1.51 bits per heavy atom. The first kappa shape index (κ1) is 35.6. The summed E-state index contributed by atoms with van der Waals surface area (Å²) in [6.45, 7) is 16.7. The summed E-state index contributed by atoms with van der Waals surface area (Å²) in [7, 11) is 0. The van der Waals surface area contributed by atoms with Crippen LogP contribution < -0.4 is 20.0 Å². The molecule has 3 aromatic rings. The van der Waals surface area contributed by atoms with Gasteiger partial charge in [-0.1, -0.05) is 17.7 Å². The number of rotatable bonds is 6. The van der Waals surface area contributed by atoms with E-state index in [0.29, 0.717) is 33.8 Å². The van der Waals surface area contributed by atoms with E-state index in [1.54, 1.807) is 0 Å². The van der Waals surface area contributed by atoms with E-state index in [-0.39, 0.29) is 24.2 Å². The highest BCUT2D eigenvalue weighted by Crippen LogP contribution is 2.46. The van der Waals surface area contributed by atoms with E-state index in [2.05, 4.69) is 59.0 Å². The van der Waals surface area contributed by atoms with Crippen molar-refractivity contribution in [2.24, 2.45) is 11.3 Å². The normalized spacial score (nSPS) is 24.1. The van der Waals surface area contributed by atoms with Crippen LogP contribution in [0.4, 0.5) is 23.0 Å². The van der Waals surface area contributed by atoms with Crippen molar-refractivity contribution in [3.05, 3.63) is 81.2 Å². The van der Waals surface area contributed by atoms with Crippen molar-refractivity contribution in [1.29, 1.82) is 0 Å². The van der Waals surface area contributed by atoms with E-state index in [9.17, 15) is 19.2 Å². The van der Waals surface area contributed by atoms with Crippen molar-refractivity contribution in [2.75, 3.05) is 54.0 Å². The third kappa shape index (κ3) is 6.49. The number of amides is 4. The molecule has 1 unspecified atom stereocenters. The number of nitrogens with zero attached hydrogens (tertiary/aromatic N) is 8. The van der Waals surface area contributed by atoms with Crippen molar-refractivity contribution in [3.8, 4) is 0 Å². The summed E-state index contributed by atoms with van der Waals surface area (Å²) in [5.74, 6) is 0.500. The second kappa shape index (κ2) is 13.9. The molecule has 7 heterocycles. The summed E-state index contributed by atoms with van der Waals surface area (Å²) in [6.07, 6.45) is 5.69. The maximum absolute atomic E-state index is 13.3. The molecule has 284 valence electrons. The van der Waals surface area contributed by atoms with Gasteiger partial charge in [0.15, 0.2) is 11.6 Å². The van der Waals surface area contributed by atoms with E-state index >= 15 is 0 Å². The van der Waals surface area contributed by atoms with Gasteiger partial charge in [-0.15, -0.1) is 10.2 Å². The number of halogens is 1. The highest BCUT2D eigenvalue weighted by Gasteiger charge is 2.46. The Balaban J connectivity index is 0.750. The van der Waals surface area contributed by atoms with Gasteiger partial charge in [-0.05, 0) is 104 Å². The SMILES string of the molecule is [C-]#[N+]c1ccc(N2CC3(CCN(c4ccc(N5CCC(CN6Cc7cc8c(cc7C6)C(=O)N(C6CCC(=O)NC6=O)C8=O)CC5)nn4)CC3)C[C@@H]2C)cc1Cl. The number of anilines is 3. The molecule has 0 aliphatic carbocycles. The number of aromatic nitrogens is 2. The van der Waals surface area contributed by atoms with Gasteiger partial charge < -0.3 is 14.7 Å². The van der Waals surface area contributed by atoms with E-state index < -0.39 is 23.8 Å². The van der Waals surface area contributed by atoms with Crippen LogP contribution in [-0.4, -0.2) is 95.0 Å². The zero-order valence-corrected chi connectivity index (χ0v) is 31.7. The molecule has 1 aromatic heterocycles. The lowest BCUT2D eigenvalue weighted by molar-refractivity contribution is -0.136. The maximum Gasteiger partial charge on any atom is 0.262 e.